The van der Waals surface area contributed by atoms with Crippen LogP contribution in [-0.4, -0.2) is 22.8 Å². The Morgan fingerprint density at radius 1 is 1.40 bits per heavy atom. The van der Waals surface area contributed by atoms with E-state index in [4.69, 9.17) is 14.4 Å². The number of carboxylic acids is 1. The zero-order valence-electron chi connectivity index (χ0n) is 10.5. The van der Waals surface area contributed by atoms with Crippen LogP contribution in [0.4, 0.5) is 0 Å². The van der Waals surface area contributed by atoms with Crippen LogP contribution in [0.15, 0.2) is 33.3 Å². The van der Waals surface area contributed by atoms with E-state index in [1.54, 1.807) is 0 Å². The summed E-state index contributed by atoms with van der Waals surface area (Å²) >= 11 is 3.41. The number of rotatable bonds is 5. The molecule has 104 valence electrons. The van der Waals surface area contributed by atoms with Crippen molar-refractivity contribution in [3.63, 3.8) is 0 Å². The Labute approximate surface area is 123 Å². The summed E-state index contributed by atoms with van der Waals surface area (Å²) in [4.78, 5) is 10.8. The fourth-order valence-corrected chi connectivity index (χ4v) is 2.28. The fourth-order valence-electron chi connectivity index (χ4n) is 1.80. The van der Waals surface area contributed by atoms with Gasteiger partial charge in [-0.1, -0.05) is 21.1 Å². The van der Waals surface area contributed by atoms with Crippen molar-refractivity contribution in [2.45, 2.75) is 12.8 Å². The molecular weight excluding hydrogens is 326 g/mol. The minimum absolute atomic E-state index is 0.180. The molecule has 0 amide bonds. The van der Waals surface area contributed by atoms with E-state index in [1.807, 2.05) is 18.2 Å². The van der Waals surface area contributed by atoms with Crippen LogP contribution in [0, 0.1) is 5.92 Å². The molecular formula is C14H12BrNO4. The van der Waals surface area contributed by atoms with Gasteiger partial charge in [-0.15, -0.1) is 0 Å². The van der Waals surface area contributed by atoms with Gasteiger partial charge >= 0.3 is 5.97 Å². The van der Waals surface area contributed by atoms with Crippen molar-refractivity contribution in [3.8, 4) is 17.0 Å². The van der Waals surface area contributed by atoms with Gasteiger partial charge in [0.15, 0.2) is 0 Å². The van der Waals surface area contributed by atoms with E-state index in [0.717, 1.165) is 22.4 Å². The van der Waals surface area contributed by atoms with Gasteiger partial charge in [-0.25, -0.2) is 4.79 Å². The molecule has 0 radical (unpaired) electrons. The van der Waals surface area contributed by atoms with E-state index in [0.29, 0.717) is 11.6 Å². The van der Waals surface area contributed by atoms with Crippen molar-refractivity contribution in [2.24, 2.45) is 5.92 Å². The third-order valence-electron chi connectivity index (χ3n) is 3.07. The molecule has 6 heteroatoms. The third kappa shape index (κ3) is 3.01. The second-order valence-corrected chi connectivity index (χ2v) is 5.73. The van der Waals surface area contributed by atoms with Crippen LogP contribution in [0.5, 0.6) is 5.75 Å². The normalized spacial score (nSPS) is 14.2. The molecule has 0 saturated heterocycles. The summed E-state index contributed by atoms with van der Waals surface area (Å²) in [6, 6.07) is 6.95. The molecule has 1 aliphatic carbocycles. The van der Waals surface area contributed by atoms with E-state index >= 15 is 0 Å². The van der Waals surface area contributed by atoms with Crippen LogP contribution in [0.3, 0.4) is 0 Å². The zero-order valence-corrected chi connectivity index (χ0v) is 12.1. The maximum Gasteiger partial charge on any atom is 0.374 e. The summed E-state index contributed by atoms with van der Waals surface area (Å²) in [6.07, 6.45) is 2.46. The summed E-state index contributed by atoms with van der Waals surface area (Å²) in [7, 11) is 0. The zero-order chi connectivity index (χ0) is 14.1. The molecule has 0 atom stereocenters. The van der Waals surface area contributed by atoms with Crippen molar-refractivity contribution in [3.05, 3.63) is 34.5 Å². The predicted molar refractivity (Wildman–Crippen MR) is 74.8 cm³/mol. The molecule has 0 spiro atoms. The first-order valence-electron chi connectivity index (χ1n) is 6.25. The SMILES string of the molecule is O=C(O)c1cc(-c2cc(Br)cc(OCC3CC3)c2)no1. The van der Waals surface area contributed by atoms with Crippen molar-refractivity contribution >= 4 is 21.9 Å². The number of aromatic nitrogens is 1. The monoisotopic (exact) mass is 337 g/mol. The number of nitrogens with zero attached hydrogens (tertiary/aromatic N) is 1. The van der Waals surface area contributed by atoms with Gasteiger partial charge in [-0.05, 0) is 37.0 Å². The van der Waals surface area contributed by atoms with Crippen molar-refractivity contribution in [1.82, 2.24) is 5.16 Å². The van der Waals surface area contributed by atoms with Gasteiger partial charge in [0.05, 0.1) is 6.61 Å². The molecule has 5 nitrogen and oxygen atoms in total. The third-order valence-corrected chi connectivity index (χ3v) is 3.53. The predicted octanol–water partition coefficient (Wildman–Crippen LogP) is 3.59. The first kappa shape index (κ1) is 13.2. The molecule has 1 aromatic heterocycles. The number of hydrogen-bond acceptors (Lipinski definition) is 4. The van der Waals surface area contributed by atoms with Crippen LogP contribution >= 0.6 is 15.9 Å². The van der Waals surface area contributed by atoms with Crippen molar-refractivity contribution < 1.29 is 19.2 Å². The number of halogens is 1. The average Bonchev–Trinajstić information content (AvgIpc) is 3.09. The maximum atomic E-state index is 10.8. The molecule has 1 heterocycles. The summed E-state index contributed by atoms with van der Waals surface area (Å²) < 4.78 is 11.3. The van der Waals surface area contributed by atoms with Crippen LogP contribution in [0.1, 0.15) is 23.4 Å². The Kier molecular flexibility index (Phi) is 3.48. The van der Waals surface area contributed by atoms with E-state index in [2.05, 4.69) is 21.1 Å². The number of ether oxygens (including phenoxy) is 1. The number of benzene rings is 1. The lowest BCUT2D eigenvalue weighted by atomic mass is 10.1. The maximum absolute atomic E-state index is 10.8. The van der Waals surface area contributed by atoms with Gasteiger partial charge in [-0.2, -0.15) is 0 Å². The quantitative estimate of drug-likeness (QED) is 0.902. The number of aromatic carboxylic acids is 1. The van der Waals surface area contributed by atoms with Crippen LogP contribution in [0.2, 0.25) is 0 Å². The first-order chi connectivity index (χ1) is 9.61. The van der Waals surface area contributed by atoms with Gasteiger partial charge in [0.25, 0.3) is 0 Å². The highest BCUT2D eigenvalue weighted by Gasteiger charge is 2.22. The van der Waals surface area contributed by atoms with Gasteiger partial charge in [0.1, 0.15) is 11.4 Å². The van der Waals surface area contributed by atoms with Crippen molar-refractivity contribution in [1.29, 1.82) is 0 Å². The van der Waals surface area contributed by atoms with E-state index in [-0.39, 0.29) is 5.76 Å². The Morgan fingerprint density at radius 2 is 2.20 bits per heavy atom. The molecule has 1 fully saturated rings. The number of hydrogen-bond donors (Lipinski definition) is 1. The highest BCUT2D eigenvalue weighted by Crippen LogP contribution is 2.32. The number of carboxylic acid groups (broad SMARTS) is 1. The highest BCUT2D eigenvalue weighted by atomic mass is 79.9. The highest BCUT2D eigenvalue weighted by molar-refractivity contribution is 9.10. The van der Waals surface area contributed by atoms with Crippen LogP contribution in [-0.2, 0) is 0 Å². The molecule has 1 saturated carbocycles. The largest absolute Gasteiger partial charge is 0.493 e. The standard InChI is InChI=1S/C14H12BrNO4/c15-10-3-9(12-6-13(14(17)18)20-16-12)4-11(5-10)19-7-8-1-2-8/h3-6,8H,1-2,7H2,(H,17,18). The summed E-state index contributed by atoms with van der Waals surface area (Å²) in [5.74, 6) is 0.0913. The average molecular weight is 338 g/mol. The smallest absolute Gasteiger partial charge is 0.374 e. The topological polar surface area (TPSA) is 72.6 Å². The van der Waals surface area contributed by atoms with E-state index in [9.17, 15) is 4.79 Å². The Bertz CT molecular complexity index is 648. The summed E-state index contributed by atoms with van der Waals surface area (Å²) in [5, 5.41) is 12.6. The number of carbonyl (C=O) groups is 1. The van der Waals surface area contributed by atoms with Gasteiger partial charge in [-0.3, -0.25) is 0 Å². The van der Waals surface area contributed by atoms with Gasteiger partial charge < -0.3 is 14.4 Å². The first-order valence-corrected chi connectivity index (χ1v) is 7.05. The fraction of sp³-hybridized carbons (Fsp3) is 0.286. The molecule has 0 aliphatic heterocycles. The van der Waals surface area contributed by atoms with Crippen molar-refractivity contribution in [2.75, 3.05) is 6.61 Å². The summed E-state index contributed by atoms with van der Waals surface area (Å²) in [5.41, 5.74) is 1.22. The molecule has 20 heavy (non-hydrogen) atoms. The molecule has 3 rings (SSSR count). The van der Waals surface area contributed by atoms with Gasteiger partial charge in [0.2, 0.25) is 5.76 Å². The molecule has 1 aliphatic rings. The summed E-state index contributed by atoms with van der Waals surface area (Å²) in [6.45, 7) is 0.717. The molecule has 1 aromatic carbocycles. The van der Waals surface area contributed by atoms with E-state index < -0.39 is 5.97 Å². The second kappa shape index (κ2) is 5.28. The van der Waals surface area contributed by atoms with E-state index in [1.165, 1.54) is 18.9 Å². The molecule has 0 unspecified atom stereocenters. The van der Waals surface area contributed by atoms with Crippen LogP contribution < -0.4 is 4.74 Å². The Balaban J connectivity index is 1.84. The Hall–Kier alpha value is -1.82. The lowest BCUT2D eigenvalue weighted by Crippen LogP contribution is -1.99. The minimum Gasteiger partial charge on any atom is -0.493 e. The molecule has 2 aromatic rings. The lowest BCUT2D eigenvalue weighted by Gasteiger charge is -2.07. The lowest BCUT2D eigenvalue weighted by molar-refractivity contribution is 0.0652. The van der Waals surface area contributed by atoms with Crippen LogP contribution in [0.25, 0.3) is 11.3 Å². The molecule has 1 N–H and O–H groups in total. The minimum atomic E-state index is -1.14. The molecule has 0 bridgehead atoms. The Morgan fingerprint density at radius 3 is 2.85 bits per heavy atom. The van der Waals surface area contributed by atoms with Gasteiger partial charge in [0, 0.05) is 16.1 Å². The second-order valence-electron chi connectivity index (χ2n) is 4.81.